The Morgan fingerprint density at radius 3 is 2.53 bits per heavy atom. The molecule has 0 atom stereocenters. The topological polar surface area (TPSA) is 61.9 Å². The molecule has 6 nitrogen and oxygen atoms in total. The van der Waals surface area contributed by atoms with E-state index in [1.54, 1.807) is 46.2 Å². The monoisotopic (exact) mass is 459 g/mol. The van der Waals surface area contributed by atoms with Crippen LogP contribution in [0, 0.1) is 12.7 Å². The fraction of sp³-hybridized carbons (Fsp3) is 0.259. The number of aryl methyl sites for hydroxylation is 1. The third-order valence-electron chi connectivity index (χ3n) is 6.54. The predicted octanol–water partition coefficient (Wildman–Crippen LogP) is 5.19. The first-order valence-corrected chi connectivity index (χ1v) is 11.4. The van der Waals surface area contributed by atoms with Crippen LogP contribution in [0.25, 0.3) is 0 Å². The van der Waals surface area contributed by atoms with E-state index in [9.17, 15) is 14.0 Å². The van der Waals surface area contributed by atoms with Crippen molar-refractivity contribution in [3.8, 4) is 5.75 Å². The highest BCUT2D eigenvalue weighted by Crippen LogP contribution is 2.40. The zero-order chi connectivity index (χ0) is 23.7. The summed E-state index contributed by atoms with van der Waals surface area (Å²) in [5.41, 5.74) is 1.74. The summed E-state index contributed by atoms with van der Waals surface area (Å²) in [6.45, 7) is 2.87. The summed E-state index contributed by atoms with van der Waals surface area (Å²) >= 11 is 0. The number of nitrogens with one attached hydrogen (secondary N) is 1. The van der Waals surface area contributed by atoms with Gasteiger partial charge in [-0.25, -0.2) is 9.18 Å². The molecular formula is C27H26FN3O3. The largest absolute Gasteiger partial charge is 0.467 e. The van der Waals surface area contributed by atoms with E-state index in [2.05, 4.69) is 5.32 Å². The van der Waals surface area contributed by atoms with Crippen LogP contribution >= 0.6 is 0 Å². The molecule has 0 aliphatic carbocycles. The molecule has 7 heteroatoms. The summed E-state index contributed by atoms with van der Waals surface area (Å²) in [7, 11) is 0. The number of para-hydroxylation sites is 1. The lowest BCUT2D eigenvalue weighted by Crippen LogP contribution is -2.63. The molecule has 5 rings (SSSR count). The number of nitrogens with zero attached hydrogens (tertiary/aromatic N) is 2. The van der Waals surface area contributed by atoms with Gasteiger partial charge in [0, 0.05) is 37.2 Å². The summed E-state index contributed by atoms with van der Waals surface area (Å²) in [6, 6.07) is 21.0. The second-order valence-corrected chi connectivity index (χ2v) is 8.81. The lowest BCUT2D eigenvalue weighted by Gasteiger charge is -2.50. The average Bonchev–Trinajstić information content (AvgIpc) is 2.83. The van der Waals surface area contributed by atoms with Crippen molar-refractivity contribution in [2.75, 3.05) is 18.4 Å². The molecule has 3 aromatic rings. The van der Waals surface area contributed by atoms with Crippen LogP contribution in [0.4, 0.5) is 14.9 Å². The Bertz CT molecular complexity index is 1240. The SMILES string of the molecule is Cc1cccc(NC(=O)N2CCC3(CC2)Oc2ccccc2C(=O)N3Cc2ccccc2F)c1. The zero-order valence-electron chi connectivity index (χ0n) is 19.0. The first-order valence-electron chi connectivity index (χ1n) is 11.4. The third-order valence-corrected chi connectivity index (χ3v) is 6.54. The molecule has 2 aliphatic heterocycles. The molecule has 0 radical (unpaired) electrons. The number of halogens is 1. The predicted molar refractivity (Wildman–Crippen MR) is 127 cm³/mol. The molecule has 1 N–H and O–H groups in total. The zero-order valence-corrected chi connectivity index (χ0v) is 19.0. The number of amides is 3. The van der Waals surface area contributed by atoms with Crippen molar-refractivity contribution in [2.24, 2.45) is 0 Å². The van der Waals surface area contributed by atoms with Crippen LogP contribution in [0.5, 0.6) is 5.75 Å². The number of rotatable bonds is 3. The Hall–Kier alpha value is -3.87. The van der Waals surface area contributed by atoms with Crippen LogP contribution < -0.4 is 10.1 Å². The number of anilines is 1. The molecule has 2 heterocycles. The highest BCUT2D eigenvalue weighted by atomic mass is 19.1. The number of hydrogen-bond donors (Lipinski definition) is 1. The molecule has 0 aromatic heterocycles. The van der Waals surface area contributed by atoms with E-state index in [4.69, 9.17) is 4.74 Å². The van der Waals surface area contributed by atoms with E-state index >= 15 is 0 Å². The van der Waals surface area contributed by atoms with Crippen molar-refractivity contribution in [2.45, 2.75) is 32.0 Å². The van der Waals surface area contributed by atoms with Crippen LogP contribution in [-0.4, -0.2) is 40.6 Å². The minimum Gasteiger partial charge on any atom is -0.467 e. The van der Waals surface area contributed by atoms with Gasteiger partial charge >= 0.3 is 6.03 Å². The second kappa shape index (κ2) is 8.82. The third kappa shape index (κ3) is 4.09. The molecule has 34 heavy (non-hydrogen) atoms. The number of benzene rings is 3. The normalized spacial score (nSPS) is 16.7. The molecule has 0 saturated carbocycles. The van der Waals surface area contributed by atoms with Gasteiger partial charge in [-0.3, -0.25) is 9.69 Å². The lowest BCUT2D eigenvalue weighted by atomic mass is 9.93. The maximum absolute atomic E-state index is 14.5. The highest BCUT2D eigenvalue weighted by Gasteiger charge is 2.49. The highest BCUT2D eigenvalue weighted by molar-refractivity contribution is 5.98. The summed E-state index contributed by atoms with van der Waals surface area (Å²) in [6.07, 6.45) is 0.839. The van der Waals surface area contributed by atoms with Gasteiger partial charge in [0.05, 0.1) is 12.1 Å². The molecule has 1 spiro atoms. The molecule has 174 valence electrons. The van der Waals surface area contributed by atoms with E-state index in [1.807, 2.05) is 37.3 Å². The fourth-order valence-electron chi connectivity index (χ4n) is 4.69. The van der Waals surface area contributed by atoms with E-state index in [-0.39, 0.29) is 24.3 Å². The van der Waals surface area contributed by atoms with Crippen molar-refractivity contribution in [3.63, 3.8) is 0 Å². The summed E-state index contributed by atoms with van der Waals surface area (Å²) in [5, 5.41) is 2.94. The van der Waals surface area contributed by atoms with Crippen molar-refractivity contribution < 1.29 is 18.7 Å². The van der Waals surface area contributed by atoms with Gasteiger partial charge in [0.1, 0.15) is 11.6 Å². The number of urea groups is 1. The van der Waals surface area contributed by atoms with Gasteiger partial charge in [-0.05, 0) is 42.8 Å². The Morgan fingerprint density at radius 1 is 1.03 bits per heavy atom. The number of piperidine rings is 1. The quantitative estimate of drug-likeness (QED) is 0.586. The Kier molecular flexibility index (Phi) is 5.69. The standard InChI is InChI=1S/C27H26FN3O3/c1-19-7-6-9-21(17-19)29-26(33)30-15-13-27(14-16-30)31(18-20-8-2-4-11-23(20)28)25(32)22-10-3-5-12-24(22)34-27/h2-12,17H,13-16,18H2,1H3,(H,29,33). The molecule has 2 aliphatic rings. The van der Waals surface area contributed by atoms with Crippen molar-refractivity contribution >= 4 is 17.6 Å². The van der Waals surface area contributed by atoms with E-state index in [0.29, 0.717) is 42.8 Å². The van der Waals surface area contributed by atoms with Crippen LogP contribution in [0.3, 0.4) is 0 Å². The summed E-state index contributed by atoms with van der Waals surface area (Å²) < 4.78 is 20.9. The van der Waals surface area contributed by atoms with Crippen LogP contribution in [0.2, 0.25) is 0 Å². The van der Waals surface area contributed by atoms with Gasteiger partial charge in [0.15, 0.2) is 5.72 Å². The maximum Gasteiger partial charge on any atom is 0.321 e. The van der Waals surface area contributed by atoms with Gasteiger partial charge < -0.3 is 15.0 Å². The summed E-state index contributed by atoms with van der Waals surface area (Å²) in [5.74, 6) is -0.0306. The first-order chi connectivity index (χ1) is 16.4. The molecule has 3 amide bonds. The molecule has 1 saturated heterocycles. The molecule has 1 fully saturated rings. The fourth-order valence-corrected chi connectivity index (χ4v) is 4.69. The number of hydrogen-bond acceptors (Lipinski definition) is 3. The van der Waals surface area contributed by atoms with Crippen LogP contribution in [-0.2, 0) is 6.54 Å². The van der Waals surface area contributed by atoms with Crippen molar-refractivity contribution in [3.05, 3.63) is 95.3 Å². The van der Waals surface area contributed by atoms with Gasteiger partial charge in [-0.2, -0.15) is 0 Å². The number of carbonyl (C=O) groups is 2. The smallest absolute Gasteiger partial charge is 0.321 e. The van der Waals surface area contributed by atoms with Gasteiger partial charge in [0.25, 0.3) is 5.91 Å². The number of fused-ring (bicyclic) bond motifs is 1. The molecule has 3 aromatic carbocycles. The Balaban J connectivity index is 1.38. The van der Waals surface area contributed by atoms with Gasteiger partial charge in [-0.1, -0.05) is 42.5 Å². The first kappa shape index (κ1) is 21.9. The van der Waals surface area contributed by atoms with E-state index in [1.165, 1.54) is 6.07 Å². The van der Waals surface area contributed by atoms with Gasteiger partial charge in [0.2, 0.25) is 0 Å². The van der Waals surface area contributed by atoms with Crippen LogP contribution in [0.15, 0.2) is 72.8 Å². The molecule has 0 unspecified atom stereocenters. The van der Waals surface area contributed by atoms with Crippen LogP contribution in [0.1, 0.15) is 34.3 Å². The average molecular weight is 460 g/mol. The number of carbonyl (C=O) groups excluding carboxylic acids is 2. The Labute approximate surface area is 197 Å². The number of likely N-dealkylation sites (tertiary alicyclic amines) is 1. The Morgan fingerprint density at radius 2 is 1.76 bits per heavy atom. The minimum absolute atomic E-state index is 0.0926. The molecular weight excluding hydrogens is 433 g/mol. The van der Waals surface area contributed by atoms with E-state index < -0.39 is 5.72 Å². The van der Waals surface area contributed by atoms with Gasteiger partial charge in [-0.15, -0.1) is 0 Å². The number of ether oxygens (including phenoxy) is 1. The minimum atomic E-state index is -0.951. The second-order valence-electron chi connectivity index (χ2n) is 8.81. The van der Waals surface area contributed by atoms with Crippen molar-refractivity contribution in [1.29, 1.82) is 0 Å². The maximum atomic E-state index is 14.5. The van der Waals surface area contributed by atoms with E-state index in [0.717, 1.165) is 11.3 Å². The molecule has 0 bridgehead atoms. The van der Waals surface area contributed by atoms with Crippen molar-refractivity contribution in [1.82, 2.24) is 9.80 Å². The lowest BCUT2D eigenvalue weighted by molar-refractivity contribution is -0.109. The summed E-state index contributed by atoms with van der Waals surface area (Å²) in [4.78, 5) is 29.8.